The molecular formula is C5H10N3O5-. The number of hydrogen-bond acceptors (Lipinski definition) is 5. The SMILES string of the molecule is OC[C@H]1OC(O)[C@H](O)[C@@H]1O.[N-]=[N+]=[N-]. The minimum atomic E-state index is -1.38. The van der Waals surface area contributed by atoms with Gasteiger partial charge >= 0.3 is 0 Å². The maximum absolute atomic E-state index is 8.93. The molecule has 8 nitrogen and oxygen atoms in total. The summed E-state index contributed by atoms with van der Waals surface area (Å²) in [4.78, 5) is 1.50. The summed E-state index contributed by atoms with van der Waals surface area (Å²) in [6, 6.07) is 0. The van der Waals surface area contributed by atoms with Crippen LogP contribution in [-0.4, -0.2) is 51.6 Å². The number of rotatable bonds is 1. The molecule has 0 saturated carbocycles. The first-order valence-electron chi connectivity index (χ1n) is 3.37. The third kappa shape index (κ3) is 3.15. The van der Waals surface area contributed by atoms with Gasteiger partial charge in [-0.2, -0.15) is 0 Å². The molecule has 0 spiro atoms. The van der Waals surface area contributed by atoms with Crippen LogP contribution in [0.4, 0.5) is 0 Å². The molecule has 1 fully saturated rings. The Hall–Kier alpha value is -0.890. The summed E-state index contributed by atoms with van der Waals surface area (Å²) in [5, 5.41) is 35.0. The fraction of sp³-hybridized carbons (Fsp3) is 1.00. The van der Waals surface area contributed by atoms with E-state index in [0.717, 1.165) is 0 Å². The molecule has 1 heterocycles. The van der Waals surface area contributed by atoms with Crippen LogP contribution in [0.25, 0.3) is 16.0 Å². The van der Waals surface area contributed by atoms with Gasteiger partial charge in [-0.25, -0.2) is 0 Å². The molecule has 0 aliphatic carbocycles. The number of ether oxygens (including phenoxy) is 1. The van der Waals surface area contributed by atoms with E-state index in [9.17, 15) is 0 Å². The molecule has 13 heavy (non-hydrogen) atoms. The highest BCUT2D eigenvalue weighted by molar-refractivity contribution is 4.84. The second kappa shape index (κ2) is 5.70. The van der Waals surface area contributed by atoms with E-state index in [4.69, 9.17) is 31.5 Å². The van der Waals surface area contributed by atoms with Gasteiger partial charge in [-0.05, 0) is 0 Å². The number of nitrogens with zero attached hydrogens (tertiary/aromatic N) is 3. The third-order valence-electron chi connectivity index (χ3n) is 1.52. The van der Waals surface area contributed by atoms with Gasteiger partial charge in [-0.3, -0.25) is 4.91 Å². The monoisotopic (exact) mass is 192 g/mol. The zero-order chi connectivity index (χ0) is 10.4. The molecule has 0 bridgehead atoms. The van der Waals surface area contributed by atoms with Crippen LogP contribution >= 0.6 is 0 Å². The van der Waals surface area contributed by atoms with Gasteiger partial charge in [0, 0.05) is 0 Å². The summed E-state index contributed by atoms with van der Waals surface area (Å²) in [5.74, 6) is 0. The Morgan fingerprint density at radius 1 is 1.15 bits per heavy atom. The zero-order valence-corrected chi connectivity index (χ0v) is 6.56. The molecule has 1 aliphatic heterocycles. The number of hydrogen-bond donors (Lipinski definition) is 4. The minimum absolute atomic E-state index is 0.407. The third-order valence-corrected chi connectivity index (χ3v) is 1.52. The van der Waals surface area contributed by atoms with Crippen molar-refractivity contribution in [2.24, 2.45) is 0 Å². The highest BCUT2D eigenvalue weighted by Crippen LogP contribution is 2.18. The van der Waals surface area contributed by atoms with E-state index in [1.807, 2.05) is 0 Å². The Morgan fingerprint density at radius 3 is 1.77 bits per heavy atom. The summed E-state index contributed by atoms with van der Waals surface area (Å²) >= 11 is 0. The summed E-state index contributed by atoms with van der Waals surface area (Å²) in [5.41, 5.74) is 13.5. The van der Waals surface area contributed by atoms with Crippen LogP contribution in [0.1, 0.15) is 0 Å². The Morgan fingerprint density at radius 2 is 1.62 bits per heavy atom. The Labute approximate surface area is 73.4 Å². The van der Waals surface area contributed by atoms with E-state index in [1.54, 1.807) is 0 Å². The van der Waals surface area contributed by atoms with Crippen molar-refractivity contribution in [2.75, 3.05) is 6.61 Å². The van der Waals surface area contributed by atoms with Crippen molar-refractivity contribution in [3.63, 3.8) is 0 Å². The van der Waals surface area contributed by atoms with E-state index < -0.39 is 31.2 Å². The Bertz CT molecular complexity index is 183. The molecule has 4 atom stereocenters. The highest BCUT2D eigenvalue weighted by atomic mass is 16.6. The normalized spacial score (nSPS) is 37.5. The van der Waals surface area contributed by atoms with E-state index >= 15 is 0 Å². The topological polar surface area (TPSA) is 149 Å². The van der Waals surface area contributed by atoms with E-state index in [-0.39, 0.29) is 0 Å². The first-order chi connectivity index (χ1) is 6.08. The van der Waals surface area contributed by atoms with Gasteiger partial charge in [0.1, 0.15) is 18.3 Å². The average Bonchev–Trinajstić information content (AvgIpc) is 2.34. The minimum Gasteiger partial charge on any atom is -0.394 e. The quantitative estimate of drug-likeness (QED) is 0.221. The maximum Gasteiger partial charge on any atom is 0.184 e. The van der Waals surface area contributed by atoms with Crippen molar-refractivity contribution in [1.82, 2.24) is 0 Å². The molecule has 0 amide bonds. The molecule has 0 radical (unpaired) electrons. The lowest BCUT2D eigenvalue weighted by Gasteiger charge is -2.09. The van der Waals surface area contributed by atoms with Gasteiger partial charge in [-0.1, -0.05) is 0 Å². The van der Waals surface area contributed by atoms with Gasteiger partial charge in [0.25, 0.3) is 0 Å². The standard InChI is InChI=1S/C5H10O5.N3/c6-1-2-3(7)4(8)5(9)10-2;1-3-2/h2-9H,1H2;/q;-1/t2-,3-,4-,5?;/m1./s1. The van der Waals surface area contributed by atoms with Crippen LogP contribution in [0.3, 0.4) is 0 Å². The molecule has 8 heteroatoms. The zero-order valence-electron chi connectivity index (χ0n) is 6.56. The van der Waals surface area contributed by atoms with Crippen molar-refractivity contribution in [3.8, 4) is 0 Å². The van der Waals surface area contributed by atoms with Crippen molar-refractivity contribution in [3.05, 3.63) is 16.0 Å². The number of aliphatic hydroxyl groups is 4. The molecule has 0 aromatic carbocycles. The summed E-state index contributed by atoms with van der Waals surface area (Å²) in [6.45, 7) is -0.407. The predicted molar refractivity (Wildman–Crippen MR) is 40.1 cm³/mol. The molecule has 4 N–H and O–H groups in total. The second-order valence-corrected chi connectivity index (χ2v) is 2.32. The molecule has 1 unspecified atom stereocenters. The van der Waals surface area contributed by atoms with Crippen LogP contribution in [0.15, 0.2) is 0 Å². The number of aliphatic hydroxyl groups excluding tert-OH is 4. The smallest absolute Gasteiger partial charge is 0.184 e. The van der Waals surface area contributed by atoms with Crippen LogP contribution in [0.5, 0.6) is 0 Å². The van der Waals surface area contributed by atoms with Crippen LogP contribution in [-0.2, 0) is 4.74 Å². The summed E-state index contributed by atoms with van der Waals surface area (Å²) < 4.78 is 4.54. The Kier molecular flexibility index (Phi) is 5.31. The highest BCUT2D eigenvalue weighted by Gasteiger charge is 2.41. The fourth-order valence-electron chi connectivity index (χ4n) is 0.880. The average molecular weight is 192 g/mol. The molecule has 76 valence electrons. The van der Waals surface area contributed by atoms with Crippen LogP contribution in [0.2, 0.25) is 0 Å². The van der Waals surface area contributed by atoms with Gasteiger partial charge in [0.15, 0.2) is 6.29 Å². The lowest BCUT2D eigenvalue weighted by Crippen LogP contribution is -2.33. The lowest BCUT2D eigenvalue weighted by atomic mass is 10.1. The van der Waals surface area contributed by atoms with Crippen molar-refractivity contribution in [1.29, 1.82) is 0 Å². The predicted octanol–water partition coefficient (Wildman–Crippen LogP) is -1.72. The first-order valence-corrected chi connectivity index (χ1v) is 3.37. The molecule has 0 aromatic heterocycles. The van der Waals surface area contributed by atoms with Gasteiger partial charge < -0.3 is 36.2 Å². The summed E-state index contributed by atoms with van der Waals surface area (Å²) in [6.07, 6.45) is -4.76. The van der Waals surface area contributed by atoms with Gasteiger partial charge in [0.2, 0.25) is 0 Å². The molecule has 0 aromatic rings. The molecular weight excluding hydrogens is 182 g/mol. The molecule has 1 aliphatic rings. The van der Waals surface area contributed by atoms with Crippen molar-refractivity contribution in [2.45, 2.75) is 24.6 Å². The van der Waals surface area contributed by atoms with E-state index in [2.05, 4.69) is 4.74 Å². The van der Waals surface area contributed by atoms with Crippen LogP contribution < -0.4 is 0 Å². The van der Waals surface area contributed by atoms with E-state index in [1.165, 1.54) is 4.91 Å². The molecule has 1 saturated heterocycles. The van der Waals surface area contributed by atoms with Gasteiger partial charge in [0.05, 0.1) is 6.61 Å². The van der Waals surface area contributed by atoms with E-state index in [0.29, 0.717) is 0 Å². The fourth-order valence-corrected chi connectivity index (χ4v) is 0.880. The van der Waals surface area contributed by atoms with Gasteiger partial charge in [-0.15, -0.1) is 0 Å². The largest absolute Gasteiger partial charge is 0.394 e. The summed E-state index contributed by atoms with van der Waals surface area (Å²) in [7, 11) is 0. The first kappa shape index (κ1) is 12.1. The van der Waals surface area contributed by atoms with Crippen molar-refractivity contribution < 1.29 is 25.2 Å². The van der Waals surface area contributed by atoms with Crippen molar-refractivity contribution >= 4 is 0 Å². The second-order valence-electron chi connectivity index (χ2n) is 2.32. The van der Waals surface area contributed by atoms with Crippen LogP contribution in [0, 0.1) is 0 Å². The molecule has 1 rings (SSSR count). The Balaban J connectivity index is 0.000000424. The lowest BCUT2D eigenvalue weighted by molar-refractivity contribution is -0.132. The maximum atomic E-state index is 8.93.